The van der Waals surface area contributed by atoms with Crippen molar-refractivity contribution in [2.75, 3.05) is 0 Å². The van der Waals surface area contributed by atoms with Crippen molar-refractivity contribution in [3.05, 3.63) is 0 Å². The van der Waals surface area contributed by atoms with E-state index in [2.05, 4.69) is 67.8 Å². The highest BCUT2D eigenvalue weighted by Gasteiger charge is 2.16. The van der Waals surface area contributed by atoms with Gasteiger partial charge in [0.25, 0.3) is 0 Å². The van der Waals surface area contributed by atoms with Gasteiger partial charge in [0.1, 0.15) is 5.22 Å². The zero-order chi connectivity index (χ0) is 7.49. The molecule has 4 heteroatoms. The third-order valence-corrected chi connectivity index (χ3v) is 2.38. The predicted molar refractivity (Wildman–Crippen MR) is 64.7 cm³/mol. The lowest BCUT2D eigenvalue weighted by Gasteiger charge is -2.09. The van der Waals surface area contributed by atoms with Crippen LogP contribution < -0.4 is 0 Å². The average molecular weight is 464 g/mol. The second kappa shape index (κ2) is 4.68. The lowest BCUT2D eigenvalue weighted by molar-refractivity contribution is -0.117. The Bertz CT molecular complexity index is 105. The van der Waals surface area contributed by atoms with Crippen LogP contribution in [0.3, 0.4) is 0 Å². The highest BCUT2D eigenvalue weighted by atomic mass is 127. The number of carbonyl (C=O) groups is 1. The van der Waals surface area contributed by atoms with Crippen molar-refractivity contribution in [1.82, 2.24) is 0 Å². The van der Waals surface area contributed by atoms with Gasteiger partial charge in [0.2, 0.25) is 0 Å². The summed E-state index contributed by atoms with van der Waals surface area (Å²) in [6.07, 6.45) is 1.67. The molecule has 0 N–H and O–H groups in total. The van der Waals surface area contributed by atoms with Gasteiger partial charge in [-0.25, -0.2) is 0 Å². The van der Waals surface area contributed by atoms with E-state index in [1.807, 2.05) is 0 Å². The molecule has 0 spiro atoms. The van der Waals surface area contributed by atoms with Crippen LogP contribution in [0.5, 0.6) is 0 Å². The van der Waals surface area contributed by atoms with E-state index >= 15 is 0 Å². The molecule has 0 fully saturated rings. The van der Waals surface area contributed by atoms with E-state index in [0.29, 0.717) is 6.42 Å². The van der Waals surface area contributed by atoms with Crippen molar-refractivity contribution in [2.24, 2.45) is 0 Å². The zero-order valence-corrected chi connectivity index (χ0v) is 11.4. The van der Waals surface area contributed by atoms with Crippen LogP contribution in [-0.4, -0.2) is 5.22 Å². The summed E-state index contributed by atoms with van der Waals surface area (Å²) in [4.78, 5) is 10.5. The Morgan fingerprint density at radius 1 is 1.44 bits per heavy atom. The first-order chi connectivity index (χ1) is 3.92. The van der Waals surface area contributed by atoms with Crippen LogP contribution in [0.1, 0.15) is 19.8 Å². The van der Waals surface area contributed by atoms with Crippen LogP contribution in [0.4, 0.5) is 0 Å². The molecule has 0 aromatic rings. The fourth-order valence-corrected chi connectivity index (χ4v) is 1.13. The number of halogens is 3. The number of alkyl halides is 3. The molecule has 0 unspecified atom stereocenters. The van der Waals surface area contributed by atoms with Crippen molar-refractivity contribution in [1.29, 1.82) is 0 Å². The molecule has 0 aromatic carbocycles. The van der Waals surface area contributed by atoms with Crippen LogP contribution in [0, 0.1) is 0 Å². The van der Waals surface area contributed by atoms with Crippen LogP contribution in [0.25, 0.3) is 0 Å². The Kier molecular flexibility index (Phi) is 5.65. The number of rotatable bonds is 3. The number of hydrogen-bond donors (Lipinski definition) is 0. The summed E-state index contributed by atoms with van der Waals surface area (Å²) in [6, 6.07) is 0. The van der Waals surface area contributed by atoms with Gasteiger partial charge in [-0.3, -0.25) is 0 Å². The van der Waals surface area contributed by atoms with Crippen LogP contribution in [0.2, 0.25) is 0 Å². The molecule has 0 aliphatic rings. The molecule has 0 rings (SSSR count). The van der Waals surface area contributed by atoms with Crippen molar-refractivity contribution in [3.63, 3.8) is 0 Å². The zero-order valence-electron chi connectivity index (χ0n) is 4.96. The first-order valence-electron chi connectivity index (χ1n) is 2.48. The van der Waals surface area contributed by atoms with Gasteiger partial charge < -0.3 is 4.79 Å². The monoisotopic (exact) mass is 464 g/mol. The fraction of sp³-hybridized carbons (Fsp3) is 0.800. The Morgan fingerprint density at radius 2 is 1.89 bits per heavy atom. The highest BCUT2D eigenvalue weighted by molar-refractivity contribution is 14.3. The van der Waals surface area contributed by atoms with E-state index in [1.54, 1.807) is 6.92 Å². The van der Waals surface area contributed by atoms with E-state index in [1.165, 1.54) is 0 Å². The molecule has 0 aliphatic heterocycles. The molecule has 0 bridgehead atoms. The van der Waals surface area contributed by atoms with Crippen molar-refractivity contribution in [3.8, 4) is 0 Å². The van der Waals surface area contributed by atoms with E-state index in [4.69, 9.17) is 0 Å². The number of Topliss-reactive ketones (excluding diaryl/α,β-unsaturated/α-hetero) is 1. The number of ketones is 1. The van der Waals surface area contributed by atoms with Gasteiger partial charge in [-0.1, -0.05) is 67.8 Å². The fourth-order valence-electron chi connectivity index (χ4n) is 0.318. The SMILES string of the molecule is CC(=O)CCC(I)(I)I. The third-order valence-electron chi connectivity index (χ3n) is 0.761. The van der Waals surface area contributed by atoms with Gasteiger partial charge in [0.15, 0.2) is 0 Å². The van der Waals surface area contributed by atoms with E-state index in [9.17, 15) is 4.79 Å². The van der Waals surface area contributed by atoms with Crippen molar-refractivity contribution >= 4 is 73.6 Å². The molecule has 54 valence electrons. The average Bonchev–Trinajstić information content (AvgIpc) is 1.59. The lowest BCUT2D eigenvalue weighted by Crippen LogP contribution is -2.01. The maximum atomic E-state index is 10.5. The summed E-state index contributed by atoms with van der Waals surface area (Å²) in [7, 11) is 0. The summed E-state index contributed by atoms with van der Waals surface area (Å²) in [5.74, 6) is 0.282. The molecule has 0 aromatic heterocycles. The highest BCUT2D eigenvalue weighted by Crippen LogP contribution is 2.39. The summed E-state index contributed by atoms with van der Waals surface area (Å²) >= 11 is 6.99. The third kappa shape index (κ3) is 9.86. The Hall–Kier alpha value is 1.86. The molecular weight excluding hydrogens is 457 g/mol. The van der Waals surface area contributed by atoms with Crippen molar-refractivity contribution in [2.45, 2.75) is 19.2 Å². The number of carbonyl (C=O) groups excluding carboxylic acids is 1. The Morgan fingerprint density at radius 3 is 2.00 bits per heavy atom. The minimum Gasteiger partial charge on any atom is -0.300 e. The summed E-state index contributed by atoms with van der Waals surface area (Å²) < 4.78 is 0.221. The molecule has 9 heavy (non-hydrogen) atoms. The van der Waals surface area contributed by atoms with Gasteiger partial charge in [-0.2, -0.15) is 0 Å². The Balaban J connectivity index is 3.39. The summed E-state index contributed by atoms with van der Waals surface area (Å²) in [5, 5.41) is 0. The van der Waals surface area contributed by atoms with Crippen molar-refractivity contribution < 1.29 is 4.79 Å². The maximum Gasteiger partial charge on any atom is 0.129 e. The van der Waals surface area contributed by atoms with Gasteiger partial charge in [-0.15, -0.1) is 0 Å². The molecule has 0 atom stereocenters. The lowest BCUT2D eigenvalue weighted by atomic mass is 10.3. The summed E-state index contributed by atoms with van der Waals surface area (Å²) in [5.41, 5.74) is 0. The summed E-state index contributed by atoms with van der Waals surface area (Å²) in [6.45, 7) is 1.63. The molecule has 0 aliphatic carbocycles. The van der Waals surface area contributed by atoms with Crippen LogP contribution in [-0.2, 0) is 4.79 Å². The normalized spacial score (nSPS) is 11.6. The quantitative estimate of drug-likeness (QED) is 0.464. The topological polar surface area (TPSA) is 17.1 Å². The number of hydrogen-bond acceptors (Lipinski definition) is 1. The second-order valence-corrected chi connectivity index (χ2v) is 13.5. The van der Waals surface area contributed by atoms with Gasteiger partial charge >= 0.3 is 0 Å². The molecule has 0 heterocycles. The minimum atomic E-state index is 0.221. The van der Waals surface area contributed by atoms with E-state index < -0.39 is 0 Å². The molecule has 0 amide bonds. The second-order valence-electron chi connectivity index (χ2n) is 1.82. The van der Waals surface area contributed by atoms with Crippen LogP contribution in [0.15, 0.2) is 0 Å². The first-order valence-corrected chi connectivity index (χ1v) is 5.71. The van der Waals surface area contributed by atoms with E-state index in [-0.39, 0.29) is 5.22 Å². The van der Waals surface area contributed by atoms with Gasteiger partial charge in [0.05, 0.1) is 0 Å². The van der Waals surface area contributed by atoms with Gasteiger partial charge in [-0.05, 0) is 13.3 Å². The molecule has 1 nitrogen and oxygen atoms in total. The molecular formula is C5H7I3O. The molecule has 0 radical (unpaired) electrons. The smallest absolute Gasteiger partial charge is 0.129 e. The maximum absolute atomic E-state index is 10.5. The Labute approximate surface area is 96.1 Å². The molecule has 0 saturated heterocycles. The van der Waals surface area contributed by atoms with Gasteiger partial charge in [0, 0.05) is 6.42 Å². The van der Waals surface area contributed by atoms with Crippen LogP contribution >= 0.6 is 67.8 Å². The minimum absolute atomic E-state index is 0.221. The largest absolute Gasteiger partial charge is 0.300 e. The predicted octanol–water partition coefficient (Wildman–Crippen LogP) is 3.31. The van der Waals surface area contributed by atoms with E-state index in [0.717, 1.165) is 6.42 Å². The molecule has 0 saturated carbocycles. The standard InChI is InChI=1S/C5H7I3O/c1-4(9)2-3-5(6,7)8/h2-3H2,1H3. The first kappa shape index (κ1) is 10.9.